The van der Waals surface area contributed by atoms with Crippen LogP contribution in [0.25, 0.3) is 0 Å². The van der Waals surface area contributed by atoms with Gasteiger partial charge in [-0.1, -0.05) is 0 Å². The molecule has 0 amide bonds. The Morgan fingerprint density at radius 2 is 1.74 bits per heavy atom. The van der Waals surface area contributed by atoms with E-state index in [1.165, 1.54) is 29.2 Å². The lowest BCUT2D eigenvalue weighted by molar-refractivity contribution is 0.331. The molecule has 0 spiro atoms. The van der Waals surface area contributed by atoms with E-state index < -0.39 is 21.3 Å². The highest BCUT2D eigenvalue weighted by atomic mass is 32.2. The van der Waals surface area contributed by atoms with Gasteiger partial charge in [0.15, 0.2) is 5.56 Å². The molecule has 0 radical (unpaired) electrons. The van der Waals surface area contributed by atoms with E-state index in [4.69, 9.17) is 0 Å². The number of rotatable bonds is 3. The molecule has 23 heavy (non-hydrogen) atoms. The molecule has 126 valence electrons. The summed E-state index contributed by atoms with van der Waals surface area (Å²) in [5.41, 5.74) is -1.29. The predicted molar refractivity (Wildman–Crippen MR) is 84.7 cm³/mol. The Morgan fingerprint density at radius 3 is 2.22 bits per heavy atom. The average molecular weight is 341 g/mol. The second kappa shape index (κ2) is 6.17. The maximum absolute atomic E-state index is 12.0. The molecule has 1 aliphatic heterocycles. The Bertz CT molecular complexity index is 869. The van der Waals surface area contributed by atoms with E-state index in [1.807, 2.05) is 6.07 Å². The first-order chi connectivity index (χ1) is 10.7. The Kier molecular flexibility index (Phi) is 4.63. The first-order valence-electron chi connectivity index (χ1n) is 7.08. The maximum Gasteiger partial charge on any atom is 0.332 e. The van der Waals surface area contributed by atoms with Gasteiger partial charge < -0.3 is 5.32 Å². The number of aromatic nitrogens is 2. The zero-order valence-electron chi connectivity index (χ0n) is 13.2. The first-order valence-corrected chi connectivity index (χ1v) is 8.93. The van der Waals surface area contributed by atoms with Crippen molar-refractivity contribution in [2.45, 2.75) is 18.9 Å². The van der Waals surface area contributed by atoms with E-state index in [1.54, 1.807) is 0 Å². The Morgan fingerprint density at radius 1 is 1.17 bits per heavy atom. The Balaban J connectivity index is 2.28. The van der Waals surface area contributed by atoms with Gasteiger partial charge in [0, 0.05) is 33.2 Å². The molecule has 1 aromatic rings. The lowest BCUT2D eigenvalue weighted by Crippen LogP contribution is -2.44. The molecule has 0 bridgehead atoms. The largest absolute Gasteiger partial charge is 0.367 e. The molecule has 0 atom stereocenters. The zero-order chi connectivity index (χ0) is 17.4. The van der Waals surface area contributed by atoms with Crippen molar-refractivity contribution in [1.29, 1.82) is 5.26 Å². The van der Waals surface area contributed by atoms with Crippen molar-refractivity contribution in [3.05, 3.63) is 26.4 Å². The number of sulfonamides is 1. The lowest BCUT2D eigenvalue weighted by Gasteiger charge is -2.31. The van der Waals surface area contributed by atoms with Crippen molar-refractivity contribution in [3.63, 3.8) is 0 Å². The van der Waals surface area contributed by atoms with Crippen LogP contribution in [0.5, 0.6) is 0 Å². The summed E-state index contributed by atoms with van der Waals surface area (Å²) < 4.78 is 26.5. The van der Waals surface area contributed by atoms with Crippen molar-refractivity contribution < 1.29 is 8.42 Å². The van der Waals surface area contributed by atoms with Crippen molar-refractivity contribution in [3.8, 4) is 6.07 Å². The van der Waals surface area contributed by atoms with Gasteiger partial charge in [-0.05, 0) is 12.8 Å². The van der Waals surface area contributed by atoms with Crippen LogP contribution in [-0.2, 0) is 24.1 Å². The molecule has 0 aromatic carbocycles. The first kappa shape index (κ1) is 17.2. The summed E-state index contributed by atoms with van der Waals surface area (Å²) in [6, 6.07) is 1.72. The molecule has 0 unspecified atom stereocenters. The van der Waals surface area contributed by atoms with Gasteiger partial charge in [-0.2, -0.15) is 5.26 Å². The highest BCUT2D eigenvalue weighted by molar-refractivity contribution is 7.88. The van der Waals surface area contributed by atoms with Crippen LogP contribution in [0.15, 0.2) is 9.59 Å². The lowest BCUT2D eigenvalue weighted by atomic mass is 10.1. The molecule has 10 heteroatoms. The summed E-state index contributed by atoms with van der Waals surface area (Å²) in [7, 11) is -0.415. The van der Waals surface area contributed by atoms with E-state index in [0.717, 1.165) is 4.57 Å². The molecular formula is C13H19N5O4S. The minimum absolute atomic E-state index is 0.113. The molecular weight excluding hydrogens is 322 g/mol. The van der Waals surface area contributed by atoms with Crippen LogP contribution >= 0.6 is 0 Å². The number of nitrogens with one attached hydrogen (secondary N) is 1. The van der Waals surface area contributed by atoms with Crippen molar-refractivity contribution in [2.24, 2.45) is 14.1 Å². The van der Waals surface area contributed by atoms with Gasteiger partial charge in [0.2, 0.25) is 10.0 Å². The molecule has 1 aliphatic rings. The summed E-state index contributed by atoms with van der Waals surface area (Å²) >= 11 is 0. The summed E-state index contributed by atoms with van der Waals surface area (Å²) in [4.78, 5) is 24.0. The minimum atomic E-state index is -3.22. The number of nitrogens with zero attached hydrogens (tertiary/aromatic N) is 4. The van der Waals surface area contributed by atoms with E-state index in [-0.39, 0.29) is 17.4 Å². The molecule has 1 N–H and O–H groups in total. The highest BCUT2D eigenvalue weighted by Gasteiger charge is 2.26. The fraction of sp³-hybridized carbons (Fsp3) is 0.615. The molecule has 9 nitrogen and oxygen atoms in total. The fourth-order valence-corrected chi connectivity index (χ4v) is 3.51. The minimum Gasteiger partial charge on any atom is -0.367 e. The van der Waals surface area contributed by atoms with Gasteiger partial charge in [0.05, 0.1) is 6.26 Å². The molecule has 1 aromatic heterocycles. The van der Waals surface area contributed by atoms with Crippen LogP contribution in [0.2, 0.25) is 0 Å². The Labute approximate surface area is 133 Å². The van der Waals surface area contributed by atoms with Crippen molar-refractivity contribution in [2.75, 3.05) is 24.7 Å². The van der Waals surface area contributed by atoms with Crippen LogP contribution in [0.3, 0.4) is 0 Å². The van der Waals surface area contributed by atoms with Crippen LogP contribution in [0.1, 0.15) is 18.4 Å². The summed E-state index contributed by atoms with van der Waals surface area (Å²) in [5, 5.41) is 12.3. The monoisotopic (exact) mass is 341 g/mol. The third kappa shape index (κ3) is 3.30. The quantitative estimate of drug-likeness (QED) is 0.737. The molecule has 2 rings (SSSR count). The second-order valence-electron chi connectivity index (χ2n) is 5.62. The smallest absolute Gasteiger partial charge is 0.332 e. The molecule has 0 aliphatic carbocycles. The fourth-order valence-electron chi connectivity index (χ4n) is 2.64. The van der Waals surface area contributed by atoms with Gasteiger partial charge in [0.25, 0.3) is 5.56 Å². The van der Waals surface area contributed by atoms with Crippen LogP contribution < -0.4 is 16.6 Å². The van der Waals surface area contributed by atoms with E-state index in [0.29, 0.717) is 25.9 Å². The van der Waals surface area contributed by atoms with Gasteiger partial charge in [-0.25, -0.2) is 17.5 Å². The SMILES string of the molecule is Cn1c(NC2CCN(S(C)(=O)=O)CC2)c(C#N)c(=O)n(C)c1=O. The van der Waals surface area contributed by atoms with Crippen molar-refractivity contribution in [1.82, 2.24) is 13.4 Å². The van der Waals surface area contributed by atoms with Crippen LogP contribution in [0, 0.1) is 11.3 Å². The van der Waals surface area contributed by atoms with E-state index >= 15 is 0 Å². The number of piperidine rings is 1. The number of hydrogen-bond acceptors (Lipinski definition) is 6. The van der Waals surface area contributed by atoms with Gasteiger partial charge >= 0.3 is 5.69 Å². The van der Waals surface area contributed by atoms with Crippen molar-refractivity contribution >= 4 is 15.8 Å². The van der Waals surface area contributed by atoms with E-state index in [2.05, 4.69) is 5.32 Å². The predicted octanol–water partition coefficient (Wildman–Crippen LogP) is -1.21. The van der Waals surface area contributed by atoms with Gasteiger partial charge in [-0.15, -0.1) is 0 Å². The molecule has 1 saturated heterocycles. The van der Waals surface area contributed by atoms with Crippen LogP contribution in [0.4, 0.5) is 5.82 Å². The zero-order valence-corrected chi connectivity index (χ0v) is 14.1. The molecule has 1 fully saturated rings. The number of anilines is 1. The third-order valence-corrected chi connectivity index (χ3v) is 5.34. The second-order valence-corrected chi connectivity index (χ2v) is 7.60. The number of hydrogen-bond donors (Lipinski definition) is 1. The maximum atomic E-state index is 12.0. The molecule has 0 saturated carbocycles. The standard InChI is InChI=1S/C13H19N5O4S/c1-16-11(10(8-14)12(19)17(2)13(16)20)15-9-4-6-18(7-5-9)23(3,21)22/h9,15H,4-7H2,1-3H3. The van der Waals surface area contributed by atoms with E-state index in [9.17, 15) is 23.3 Å². The summed E-state index contributed by atoms with van der Waals surface area (Å²) in [6.45, 7) is 0.717. The van der Waals surface area contributed by atoms with Crippen LogP contribution in [-0.4, -0.2) is 47.2 Å². The normalized spacial score (nSPS) is 17.0. The van der Waals surface area contributed by atoms with Gasteiger partial charge in [0.1, 0.15) is 11.9 Å². The third-order valence-electron chi connectivity index (χ3n) is 4.04. The highest BCUT2D eigenvalue weighted by Crippen LogP contribution is 2.18. The number of nitriles is 1. The summed E-state index contributed by atoms with van der Waals surface area (Å²) in [6.07, 6.45) is 2.22. The Hall–Kier alpha value is -2.12. The topological polar surface area (TPSA) is 117 Å². The van der Waals surface area contributed by atoms with Gasteiger partial charge in [-0.3, -0.25) is 13.9 Å². The summed E-state index contributed by atoms with van der Waals surface area (Å²) in [5.74, 6) is 0.179. The average Bonchev–Trinajstić information content (AvgIpc) is 2.50. The molecule has 2 heterocycles.